The minimum atomic E-state index is -0.545. The number of aliphatic imine (C=N–C) groups is 3. The summed E-state index contributed by atoms with van der Waals surface area (Å²) in [5.41, 5.74) is 50.7. The van der Waals surface area contributed by atoms with Crippen molar-refractivity contribution in [2.75, 3.05) is 0 Å². The van der Waals surface area contributed by atoms with Gasteiger partial charge >= 0.3 is 20.1 Å². The third-order valence-electron chi connectivity index (χ3n) is 33.4. The summed E-state index contributed by atoms with van der Waals surface area (Å²) in [7, 11) is 0. The molecule has 3 spiro atoms. The van der Waals surface area contributed by atoms with Gasteiger partial charge in [-0.25, -0.2) is 0 Å². The van der Waals surface area contributed by atoms with Crippen molar-refractivity contribution in [2.45, 2.75) is 92.2 Å². The van der Waals surface area contributed by atoms with Gasteiger partial charge in [0.05, 0.1) is 32.9 Å². The third kappa shape index (κ3) is 12.4. The van der Waals surface area contributed by atoms with E-state index in [4.69, 9.17) is 29.9 Å². The second kappa shape index (κ2) is 32.2. The van der Waals surface area contributed by atoms with E-state index in [9.17, 15) is 0 Å². The first-order valence-corrected chi connectivity index (χ1v) is 50.1. The summed E-state index contributed by atoms with van der Waals surface area (Å²) in [5, 5.41) is 0. The van der Waals surface area contributed by atoms with Gasteiger partial charge in [-0.05, 0) is 255 Å². The van der Waals surface area contributed by atoms with Crippen LogP contribution in [0.25, 0.3) is 156 Å². The number of rotatable bonds is 14. The van der Waals surface area contributed by atoms with Crippen LogP contribution in [0.15, 0.2) is 446 Å². The minimum absolute atomic E-state index is 0. The normalized spacial score (nSPS) is 18.7. The number of aromatic nitrogens is 3. The molecule has 3 aromatic heterocycles. The second-order valence-corrected chi connectivity index (χ2v) is 41.0. The molecule has 17 aromatic carbocycles. The second-order valence-electron chi connectivity index (χ2n) is 41.0. The average molecular weight is 2000 g/mol. The molecule has 0 amide bonds. The molecule has 30 rings (SSSR count). The number of nitrogens with zero attached hydrogens (tertiary/aromatic N) is 6. The molecule has 2 atom stereocenters. The van der Waals surface area contributed by atoms with E-state index in [0.29, 0.717) is 0 Å². The predicted octanol–water partition coefficient (Wildman–Crippen LogP) is 31.7. The molecule has 10 aliphatic rings. The van der Waals surface area contributed by atoms with E-state index in [1.54, 1.807) is 0 Å². The van der Waals surface area contributed by atoms with Crippen molar-refractivity contribution >= 4 is 17.1 Å². The van der Waals surface area contributed by atoms with Crippen LogP contribution in [0.3, 0.4) is 0 Å². The molecule has 143 heavy (non-hydrogen) atoms. The summed E-state index contributed by atoms with van der Waals surface area (Å²) < 4.78 is 0. The van der Waals surface area contributed by atoms with E-state index in [0.717, 1.165) is 145 Å². The van der Waals surface area contributed by atoms with Crippen molar-refractivity contribution in [3.8, 4) is 156 Å². The monoisotopic (exact) mass is 2000 g/mol. The molecule has 20 aromatic rings. The van der Waals surface area contributed by atoms with Crippen LogP contribution in [0.1, 0.15) is 143 Å². The Morgan fingerprint density at radius 1 is 0.238 bits per heavy atom. The molecular formula is C136H93IrN6. The third-order valence-corrected chi connectivity index (χ3v) is 33.4. The Balaban J connectivity index is 0.00000997. The number of fused-ring (bicyclic) bond motifs is 30. The van der Waals surface area contributed by atoms with Gasteiger partial charge in [-0.1, -0.05) is 358 Å². The van der Waals surface area contributed by atoms with Crippen molar-refractivity contribution in [1.82, 2.24) is 15.0 Å². The van der Waals surface area contributed by atoms with Gasteiger partial charge in [0.1, 0.15) is 0 Å². The first-order chi connectivity index (χ1) is 70.0. The first-order valence-electron chi connectivity index (χ1n) is 50.1. The van der Waals surface area contributed by atoms with Crippen LogP contribution in [0, 0.1) is 24.1 Å². The Labute approximate surface area is 847 Å². The summed E-state index contributed by atoms with van der Waals surface area (Å²) >= 11 is 0. The summed E-state index contributed by atoms with van der Waals surface area (Å²) in [6.45, 7) is 6.67. The fraction of sp³-hybridized carbons (Fsp3) is 0.118. The Bertz CT molecular complexity index is 8390. The van der Waals surface area contributed by atoms with E-state index in [1.165, 1.54) is 150 Å². The average Bonchev–Trinajstić information content (AvgIpc) is 1.38. The topological polar surface area (TPSA) is 75.8 Å². The number of benzene rings is 17. The van der Waals surface area contributed by atoms with Crippen molar-refractivity contribution in [3.05, 3.63) is 533 Å². The van der Waals surface area contributed by atoms with Crippen LogP contribution < -0.4 is 0 Å². The quantitative estimate of drug-likeness (QED) is 0.0804. The van der Waals surface area contributed by atoms with Crippen molar-refractivity contribution in [2.24, 2.45) is 20.9 Å². The molecule has 6 nitrogen and oxygen atoms in total. The summed E-state index contributed by atoms with van der Waals surface area (Å²) in [5.74, 6) is 0.275. The number of pyridine rings is 3. The zero-order valence-electron chi connectivity index (χ0n) is 79.3. The van der Waals surface area contributed by atoms with Crippen LogP contribution in [-0.2, 0) is 36.4 Å². The Hall–Kier alpha value is -16.2. The summed E-state index contributed by atoms with van der Waals surface area (Å²) in [4.78, 5) is 35.1. The van der Waals surface area contributed by atoms with Gasteiger partial charge in [-0.2, -0.15) is 0 Å². The van der Waals surface area contributed by atoms with E-state index in [2.05, 4.69) is 464 Å². The molecule has 3 heterocycles. The van der Waals surface area contributed by atoms with Crippen LogP contribution >= 0.6 is 0 Å². The fourth-order valence-corrected chi connectivity index (χ4v) is 28.7. The van der Waals surface area contributed by atoms with Crippen molar-refractivity contribution in [3.63, 3.8) is 0 Å². The number of hydrogen-bond acceptors (Lipinski definition) is 6. The molecule has 0 aliphatic heterocycles. The Kier molecular flexibility index (Phi) is 19.1. The summed E-state index contributed by atoms with van der Waals surface area (Å²) in [6, 6.07) is 164. The molecule has 0 saturated heterocycles. The van der Waals surface area contributed by atoms with Crippen LogP contribution in [-0.4, -0.2) is 48.7 Å². The number of hydrogen-bond donors (Lipinski definition) is 0. The van der Waals surface area contributed by atoms with Gasteiger partial charge in [0, 0.05) is 52.4 Å². The van der Waals surface area contributed by atoms with Crippen LogP contribution in [0.2, 0.25) is 0 Å². The van der Waals surface area contributed by atoms with Gasteiger partial charge in [0.15, 0.2) is 0 Å². The summed E-state index contributed by atoms with van der Waals surface area (Å²) in [6.07, 6.45) is 11.3. The van der Waals surface area contributed by atoms with Crippen molar-refractivity contribution < 1.29 is 20.1 Å². The zero-order chi connectivity index (χ0) is 93.9. The van der Waals surface area contributed by atoms with Gasteiger partial charge in [0.25, 0.3) is 0 Å². The first kappa shape index (κ1) is 84.9. The van der Waals surface area contributed by atoms with Crippen LogP contribution in [0.5, 0.6) is 0 Å². The smallest absolute Gasteiger partial charge is 0.304 e. The molecular weight excluding hydrogens is 1910 g/mol. The molecule has 0 N–H and O–H groups in total. The maximum atomic E-state index is 6.29. The van der Waals surface area contributed by atoms with E-state index in [-0.39, 0.29) is 26.0 Å². The largest absolute Gasteiger partial charge is 3.00 e. The molecule has 4 fully saturated rings. The predicted molar refractivity (Wildman–Crippen MR) is 578 cm³/mol. The maximum Gasteiger partial charge on any atom is 3.00 e. The van der Waals surface area contributed by atoms with Gasteiger partial charge < -0.3 is 15.0 Å². The maximum absolute atomic E-state index is 6.29. The molecule has 7 heteroatoms. The molecule has 2 unspecified atom stereocenters. The minimum Gasteiger partial charge on any atom is -0.304 e. The van der Waals surface area contributed by atoms with Gasteiger partial charge in [-0.3, -0.25) is 15.0 Å². The SMILES string of the molecule is CC(=NC12CC3CC(N=C(C)c4cnc(-c5[c-]ccc(-c6cccc7c6-c6ccccc6C76c7ccccc7-c7ccccc76)c5)cc4-c4ccccc4)(C1)CC(N=C(C)c1cnc(-c4[c-]ccc(-c5cccc6c5-c5ccccc5C65c6ccccc6-c6ccccc65)c4)cc1-c1ccccc1)(C3)C2)c1ccc(-c2[c-]ccc(-c3cccc4c3-c3ccccc3C43c4ccccc4-c4ccccc43)c2)nc1.[Ir+3]. The van der Waals surface area contributed by atoms with E-state index < -0.39 is 32.9 Å². The molecule has 676 valence electrons. The molecule has 10 aliphatic carbocycles. The molecule has 4 bridgehead atoms. The van der Waals surface area contributed by atoms with Gasteiger partial charge in [-0.15, -0.1) is 106 Å². The van der Waals surface area contributed by atoms with Gasteiger partial charge in [0.2, 0.25) is 0 Å². The Morgan fingerprint density at radius 2 is 0.503 bits per heavy atom. The van der Waals surface area contributed by atoms with Crippen LogP contribution in [0.4, 0.5) is 0 Å². The Morgan fingerprint density at radius 3 is 0.818 bits per heavy atom. The van der Waals surface area contributed by atoms with E-state index >= 15 is 0 Å². The van der Waals surface area contributed by atoms with Crippen molar-refractivity contribution in [1.29, 1.82) is 0 Å². The van der Waals surface area contributed by atoms with E-state index in [1.807, 2.05) is 6.20 Å². The fourth-order valence-electron chi connectivity index (χ4n) is 28.7. The standard InChI is InChI=1S/C136H93N6.Ir/c1-84(96-68-69-125(137-78-96)93-41-28-38-90(70-93)97-53-31-65-122-128(97)106-50-16-25-62-119(106)134(122)113-56-19-10-44-100(113)101-45-11-20-57-114(101)134)140-131-75-87-76-132(81-131,141-85(2)111-79-138-126(73-109(111)88-34-6-4-7-35-88)94-42-29-39-91(71-94)98-54-32-66-123-129(98)107-51-17-26-63-120(107)135(123)115-58-21-12-46-102(115)103-47-13-22-59-116(103)135)83-133(77-87,82-131)142-86(3)112-80-139-127(74-110(112)89-36-8-5-9-37-89)95-43-30-40-92(72-95)99-55-33-67-124-130(99)108-52-18-27-64-121(108)136(124)117-60-23-14-48-104(117)105-49-15-24-61-118(105)136;/h4-40,44-74,78-80,87H,75-77,81-83H2,1-3H3;/q-3;+3. The molecule has 0 radical (unpaired) electrons. The molecule has 4 saturated carbocycles. The zero-order valence-corrected chi connectivity index (χ0v) is 81.7.